The molecular formula is C11H10Cl2N2O2S2. The summed E-state index contributed by atoms with van der Waals surface area (Å²) in [7, 11) is -3.62. The van der Waals surface area contributed by atoms with E-state index in [1.807, 2.05) is 0 Å². The van der Waals surface area contributed by atoms with Gasteiger partial charge < -0.3 is 0 Å². The summed E-state index contributed by atoms with van der Waals surface area (Å²) in [6, 6.07) is 6.00. The van der Waals surface area contributed by atoms with Gasteiger partial charge in [-0.1, -0.05) is 23.2 Å². The smallest absolute Gasteiger partial charge is 0.242 e. The van der Waals surface area contributed by atoms with Crippen molar-refractivity contribution in [3.8, 4) is 0 Å². The quantitative estimate of drug-likeness (QED) is 0.869. The topological polar surface area (TPSA) is 59.1 Å². The van der Waals surface area contributed by atoms with E-state index >= 15 is 0 Å². The van der Waals surface area contributed by atoms with Crippen LogP contribution in [0, 0.1) is 0 Å². The lowest BCUT2D eigenvalue weighted by Crippen LogP contribution is -2.26. The summed E-state index contributed by atoms with van der Waals surface area (Å²) in [5.74, 6) is 0. The molecular weight excluding hydrogens is 327 g/mol. The molecule has 0 radical (unpaired) electrons. The molecule has 1 unspecified atom stereocenters. The van der Waals surface area contributed by atoms with E-state index in [1.54, 1.807) is 19.1 Å². The molecule has 8 heteroatoms. The Labute approximate surface area is 125 Å². The van der Waals surface area contributed by atoms with Crippen molar-refractivity contribution in [1.82, 2.24) is 9.71 Å². The molecule has 2 rings (SSSR count). The van der Waals surface area contributed by atoms with Gasteiger partial charge in [-0.05, 0) is 31.2 Å². The first-order valence-corrected chi connectivity index (χ1v) is 8.33. The van der Waals surface area contributed by atoms with Gasteiger partial charge in [-0.2, -0.15) is 0 Å². The van der Waals surface area contributed by atoms with Crippen LogP contribution in [0.5, 0.6) is 0 Å². The van der Waals surface area contributed by atoms with E-state index in [9.17, 15) is 8.42 Å². The largest absolute Gasteiger partial charge is 0.243 e. The average molecular weight is 337 g/mol. The highest BCUT2D eigenvalue weighted by Gasteiger charge is 2.19. The van der Waals surface area contributed by atoms with Crippen LogP contribution in [-0.2, 0) is 10.0 Å². The van der Waals surface area contributed by atoms with Crippen LogP contribution in [0.2, 0.25) is 9.49 Å². The van der Waals surface area contributed by atoms with Crippen LogP contribution in [0.4, 0.5) is 0 Å². The minimum absolute atomic E-state index is 0.0754. The van der Waals surface area contributed by atoms with Crippen molar-refractivity contribution in [2.24, 2.45) is 0 Å². The van der Waals surface area contributed by atoms with Gasteiger partial charge in [0, 0.05) is 11.1 Å². The van der Waals surface area contributed by atoms with Gasteiger partial charge in [0.1, 0.15) is 10.0 Å². The molecule has 2 aromatic heterocycles. The van der Waals surface area contributed by atoms with E-state index in [0.29, 0.717) is 4.34 Å². The van der Waals surface area contributed by atoms with Crippen molar-refractivity contribution in [2.75, 3.05) is 0 Å². The Hall–Kier alpha value is -0.660. The number of hydrogen-bond donors (Lipinski definition) is 1. The van der Waals surface area contributed by atoms with Crippen LogP contribution in [0.15, 0.2) is 35.4 Å². The molecule has 0 aliphatic rings. The highest BCUT2D eigenvalue weighted by atomic mass is 35.5. The lowest BCUT2D eigenvalue weighted by Gasteiger charge is -2.12. The Morgan fingerprint density at radius 1 is 1.26 bits per heavy atom. The summed E-state index contributed by atoms with van der Waals surface area (Å²) in [5, 5.41) is 0.247. The van der Waals surface area contributed by atoms with Gasteiger partial charge in [-0.3, -0.25) is 0 Å². The molecule has 0 fully saturated rings. The maximum atomic E-state index is 12.1. The molecule has 19 heavy (non-hydrogen) atoms. The molecule has 2 heterocycles. The van der Waals surface area contributed by atoms with E-state index in [-0.39, 0.29) is 16.1 Å². The number of thiophene rings is 1. The van der Waals surface area contributed by atoms with Crippen molar-refractivity contribution < 1.29 is 8.42 Å². The second-order valence-corrected chi connectivity index (χ2v) is 7.65. The summed E-state index contributed by atoms with van der Waals surface area (Å²) in [6.07, 6.45) is 1.22. The Morgan fingerprint density at radius 2 is 2.00 bits per heavy atom. The summed E-state index contributed by atoms with van der Waals surface area (Å²) in [5.41, 5.74) is 0. The molecule has 2 aromatic rings. The van der Waals surface area contributed by atoms with E-state index in [1.165, 1.54) is 29.7 Å². The number of nitrogens with one attached hydrogen (secondary N) is 1. The molecule has 0 bridgehead atoms. The molecule has 0 saturated heterocycles. The second kappa shape index (κ2) is 5.76. The van der Waals surface area contributed by atoms with Crippen molar-refractivity contribution in [2.45, 2.75) is 17.9 Å². The van der Waals surface area contributed by atoms with E-state index in [4.69, 9.17) is 23.2 Å². The van der Waals surface area contributed by atoms with Crippen molar-refractivity contribution in [3.63, 3.8) is 0 Å². The SMILES string of the molecule is CC(NS(=O)(=O)c1ccc(Cl)nc1)c1ccc(Cl)s1. The first kappa shape index (κ1) is 14.7. The molecule has 1 atom stereocenters. The summed E-state index contributed by atoms with van der Waals surface area (Å²) >= 11 is 12.8. The fourth-order valence-corrected chi connectivity index (χ4v) is 3.86. The molecule has 0 aliphatic heterocycles. The summed E-state index contributed by atoms with van der Waals surface area (Å²) < 4.78 is 27.4. The van der Waals surface area contributed by atoms with Gasteiger partial charge in [0.15, 0.2) is 0 Å². The van der Waals surface area contributed by atoms with Gasteiger partial charge in [0.25, 0.3) is 0 Å². The predicted octanol–water partition coefficient (Wildman–Crippen LogP) is 3.49. The fraction of sp³-hybridized carbons (Fsp3) is 0.182. The van der Waals surface area contributed by atoms with Gasteiger partial charge in [-0.15, -0.1) is 11.3 Å². The number of nitrogens with zero attached hydrogens (tertiary/aromatic N) is 1. The molecule has 0 spiro atoms. The minimum Gasteiger partial charge on any atom is -0.243 e. The van der Waals surface area contributed by atoms with Crippen LogP contribution in [0.1, 0.15) is 17.8 Å². The number of hydrogen-bond acceptors (Lipinski definition) is 4. The zero-order valence-corrected chi connectivity index (χ0v) is 12.9. The molecule has 102 valence electrons. The van der Waals surface area contributed by atoms with Crippen LogP contribution < -0.4 is 4.72 Å². The fourth-order valence-electron chi connectivity index (χ4n) is 1.44. The number of pyridine rings is 1. The van der Waals surface area contributed by atoms with E-state index in [0.717, 1.165) is 4.88 Å². The number of rotatable bonds is 4. The van der Waals surface area contributed by atoms with Crippen molar-refractivity contribution in [1.29, 1.82) is 0 Å². The van der Waals surface area contributed by atoms with Crippen molar-refractivity contribution >= 4 is 44.6 Å². The Bertz CT molecular complexity index is 668. The number of aromatic nitrogens is 1. The molecule has 1 N–H and O–H groups in total. The zero-order valence-electron chi connectivity index (χ0n) is 9.80. The molecule has 0 aromatic carbocycles. The van der Waals surface area contributed by atoms with Gasteiger partial charge >= 0.3 is 0 Å². The van der Waals surface area contributed by atoms with E-state index < -0.39 is 10.0 Å². The lowest BCUT2D eigenvalue weighted by atomic mass is 10.3. The zero-order chi connectivity index (χ0) is 14.0. The molecule has 0 aliphatic carbocycles. The molecule has 0 saturated carbocycles. The van der Waals surface area contributed by atoms with Crippen LogP contribution >= 0.6 is 34.5 Å². The standard InChI is InChI=1S/C11H10Cl2N2O2S2/c1-7(9-3-5-11(13)18-9)15-19(16,17)8-2-4-10(12)14-6-8/h2-7,15H,1H3. The monoisotopic (exact) mass is 336 g/mol. The maximum absolute atomic E-state index is 12.1. The molecule has 0 amide bonds. The Kier molecular flexibility index (Phi) is 4.47. The predicted molar refractivity (Wildman–Crippen MR) is 77.3 cm³/mol. The Balaban J connectivity index is 2.19. The third-order valence-corrected chi connectivity index (χ3v) is 5.53. The normalized spacial score (nSPS) is 13.4. The third-order valence-electron chi connectivity index (χ3n) is 2.36. The second-order valence-electron chi connectivity index (χ2n) is 3.80. The average Bonchev–Trinajstić information content (AvgIpc) is 2.76. The lowest BCUT2D eigenvalue weighted by molar-refractivity contribution is 0.568. The number of sulfonamides is 1. The minimum atomic E-state index is -3.62. The number of halogens is 2. The van der Waals surface area contributed by atoms with E-state index in [2.05, 4.69) is 9.71 Å². The van der Waals surface area contributed by atoms with Crippen molar-refractivity contribution in [3.05, 3.63) is 44.8 Å². The van der Waals surface area contributed by atoms with Gasteiger partial charge in [0.2, 0.25) is 10.0 Å². The maximum Gasteiger partial charge on any atom is 0.242 e. The van der Waals surface area contributed by atoms with Gasteiger partial charge in [-0.25, -0.2) is 18.1 Å². The first-order chi connectivity index (χ1) is 8.88. The van der Waals surface area contributed by atoms with Crippen LogP contribution in [0.25, 0.3) is 0 Å². The summed E-state index contributed by atoms with van der Waals surface area (Å²) in [6.45, 7) is 1.75. The Morgan fingerprint density at radius 3 is 2.53 bits per heavy atom. The molecule has 4 nitrogen and oxygen atoms in total. The van der Waals surface area contributed by atoms with Crippen LogP contribution in [-0.4, -0.2) is 13.4 Å². The summed E-state index contributed by atoms with van der Waals surface area (Å²) in [4.78, 5) is 4.68. The third kappa shape index (κ3) is 3.67. The highest BCUT2D eigenvalue weighted by Crippen LogP contribution is 2.27. The van der Waals surface area contributed by atoms with Crippen LogP contribution in [0.3, 0.4) is 0 Å². The highest BCUT2D eigenvalue weighted by molar-refractivity contribution is 7.89. The van der Waals surface area contributed by atoms with Gasteiger partial charge in [0.05, 0.1) is 10.4 Å². The first-order valence-electron chi connectivity index (χ1n) is 5.27.